The number of allylic oxidation sites excluding steroid dienone is 2. The molecule has 7 atom stereocenters. The molecule has 0 aromatic carbocycles. The third kappa shape index (κ3) is 1.60. The van der Waals surface area contributed by atoms with E-state index in [9.17, 15) is 4.79 Å². The van der Waals surface area contributed by atoms with Crippen LogP contribution in [0.4, 0.5) is 0 Å². The Morgan fingerprint density at radius 2 is 1.88 bits per heavy atom. The Kier molecular flexibility index (Phi) is 3.27. The topological polar surface area (TPSA) is 29.1 Å². The maximum Gasteiger partial charge on any atom is 0.159 e. The molecule has 0 aromatic rings. The lowest BCUT2D eigenvalue weighted by Gasteiger charge is -2.60. The molecule has 5 aliphatic rings. The zero-order valence-corrected chi connectivity index (χ0v) is 17.1. The van der Waals surface area contributed by atoms with Gasteiger partial charge in [-0.1, -0.05) is 32.1 Å². The quantitative estimate of drug-likeness (QED) is 0.528. The predicted octanol–water partition coefficient (Wildman–Crippen LogP) is 5.05. The molecule has 0 unspecified atom stereocenters. The van der Waals surface area contributed by atoms with Crippen molar-refractivity contribution in [3.63, 3.8) is 0 Å². The van der Waals surface area contributed by atoms with Gasteiger partial charge >= 0.3 is 0 Å². The molecule has 5 saturated carbocycles. The summed E-state index contributed by atoms with van der Waals surface area (Å²) in [5, 5.41) is 3.51. The van der Waals surface area contributed by atoms with Crippen molar-refractivity contribution in [3.05, 3.63) is 23.8 Å². The van der Waals surface area contributed by atoms with Crippen LogP contribution in [0.3, 0.4) is 0 Å². The van der Waals surface area contributed by atoms with Crippen molar-refractivity contribution < 1.29 is 4.79 Å². The molecular weight excluding hydrogens is 318 g/mol. The average Bonchev–Trinajstić information content (AvgIpc) is 3.21. The minimum absolute atomic E-state index is 0.102. The summed E-state index contributed by atoms with van der Waals surface area (Å²) in [5.74, 6) is 1.89. The highest BCUT2D eigenvalue weighted by atomic mass is 16.1. The number of carbonyl (C=O) groups excluding carboxylic acids is 1. The third-order valence-electron chi connectivity index (χ3n) is 10.5. The Labute approximate surface area is 158 Å². The molecule has 142 valence electrons. The molecule has 2 nitrogen and oxygen atoms in total. The number of likely N-dealkylation sites (N-methyl/N-ethyl adjacent to an activating group) is 1. The van der Waals surface area contributed by atoms with Crippen LogP contribution in [0.2, 0.25) is 0 Å². The first-order chi connectivity index (χ1) is 12.3. The molecule has 5 rings (SSSR count). The molecule has 5 aliphatic carbocycles. The summed E-state index contributed by atoms with van der Waals surface area (Å²) in [6.45, 7) is 11.5. The number of fused-ring (bicyclic) bond motifs is 2. The van der Waals surface area contributed by atoms with E-state index in [1.807, 2.05) is 0 Å². The summed E-state index contributed by atoms with van der Waals surface area (Å²) in [7, 11) is 2.10. The molecule has 0 aromatic heterocycles. The van der Waals surface area contributed by atoms with Crippen molar-refractivity contribution in [3.8, 4) is 0 Å². The highest BCUT2D eigenvalue weighted by Crippen LogP contribution is 2.87. The van der Waals surface area contributed by atoms with Gasteiger partial charge in [-0.15, -0.1) is 0 Å². The number of ketones is 1. The maximum atomic E-state index is 12.9. The van der Waals surface area contributed by atoms with E-state index in [4.69, 9.17) is 0 Å². The minimum Gasteiger partial charge on any atom is -0.313 e. The monoisotopic (exact) mass is 353 g/mol. The lowest BCUT2D eigenvalue weighted by Crippen LogP contribution is -2.54. The van der Waals surface area contributed by atoms with Gasteiger partial charge in [-0.25, -0.2) is 0 Å². The SMILES string of the molecule is C=C1[C@@H](NC)CC[C@]23C[C@]24CC[C@]2(C)/C(=C/C)C(=O)C[C@@]2(C)[C@@H]4CC[C@@H]13. The van der Waals surface area contributed by atoms with E-state index < -0.39 is 0 Å². The molecule has 1 N–H and O–H groups in total. The summed E-state index contributed by atoms with van der Waals surface area (Å²) < 4.78 is 0. The Morgan fingerprint density at radius 1 is 1.12 bits per heavy atom. The van der Waals surface area contributed by atoms with E-state index in [1.54, 1.807) is 0 Å². The van der Waals surface area contributed by atoms with E-state index in [1.165, 1.54) is 50.5 Å². The summed E-state index contributed by atoms with van der Waals surface area (Å²) >= 11 is 0. The van der Waals surface area contributed by atoms with Crippen LogP contribution in [-0.2, 0) is 4.79 Å². The molecule has 2 heteroatoms. The van der Waals surface area contributed by atoms with Crippen molar-refractivity contribution >= 4 is 5.78 Å². The van der Waals surface area contributed by atoms with Gasteiger partial charge in [0.25, 0.3) is 0 Å². The van der Waals surface area contributed by atoms with Gasteiger partial charge in [-0.05, 0) is 92.6 Å². The predicted molar refractivity (Wildman–Crippen MR) is 106 cm³/mol. The summed E-state index contributed by atoms with van der Waals surface area (Å²) in [5.41, 5.74) is 3.94. The molecule has 5 fully saturated rings. The van der Waals surface area contributed by atoms with E-state index in [0.717, 1.165) is 23.8 Å². The van der Waals surface area contributed by atoms with Crippen LogP contribution in [0.1, 0.15) is 72.1 Å². The zero-order valence-electron chi connectivity index (χ0n) is 17.1. The van der Waals surface area contributed by atoms with Gasteiger partial charge in [0.2, 0.25) is 0 Å². The minimum atomic E-state index is 0.102. The molecule has 26 heavy (non-hydrogen) atoms. The molecule has 2 spiro atoms. The fourth-order valence-corrected chi connectivity index (χ4v) is 9.12. The van der Waals surface area contributed by atoms with Crippen molar-refractivity contribution in [2.75, 3.05) is 7.05 Å². The average molecular weight is 354 g/mol. The smallest absolute Gasteiger partial charge is 0.159 e. The fraction of sp³-hybridized carbons (Fsp3) is 0.792. The zero-order chi connectivity index (χ0) is 18.5. The molecular formula is C24H35NO. The first kappa shape index (κ1) is 17.2. The standard InChI is InChI=1S/C24H35NO/c1-6-16-19(26)13-22(4)20-8-7-17-15(2)18(25-5)9-10-23(17)14-24(20,23)12-11-21(16,22)3/h6,17-18,20,25H,2,7-14H2,1,3-5H3/b16-6+/t17-,18-,20-,21+,22-,23+,24-/m0/s1. The van der Waals surface area contributed by atoms with Crippen LogP contribution in [0.15, 0.2) is 23.8 Å². The van der Waals surface area contributed by atoms with Gasteiger partial charge in [0.1, 0.15) is 0 Å². The summed E-state index contributed by atoms with van der Waals surface area (Å²) in [6.07, 6.45) is 12.1. The van der Waals surface area contributed by atoms with E-state index >= 15 is 0 Å². The Hall–Kier alpha value is -0.890. The van der Waals surface area contributed by atoms with Crippen LogP contribution in [0, 0.1) is 33.5 Å². The first-order valence-corrected chi connectivity index (χ1v) is 10.9. The largest absolute Gasteiger partial charge is 0.313 e. The van der Waals surface area contributed by atoms with Gasteiger partial charge in [0.15, 0.2) is 5.78 Å². The third-order valence-corrected chi connectivity index (χ3v) is 10.5. The van der Waals surface area contributed by atoms with Gasteiger partial charge in [0.05, 0.1) is 0 Å². The van der Waals surface area contributed by atoms with Crippen LogP contribution < -0.4 is 5.32 Å². The second-order valence-corrected chi connectivity index (χ2v) is 10.7. The van der Waals surface area contributed by atoms with Crippen LogP contribution in [0.25, 0.3) is 0 Å². The van der Waals surface area contributed by atoms with Crippen LogP contribution in [-0.4, -0.2) is 18.9 Å². The van der Waals surface area contributed by atoms with Gasteiger partial charge in [-0.2, -0.15) is 0 Å². The van der Waals surface area contributed by atoms with Crippen molar-refractivity contribution in [1.29, 1.82) is 0 Å². The lowest BCUT2D eigenvalue weighted by molar-refractivity contribution is -0.118. The van der Waals surface area contributed by atoms with Gasteiger partial charge in [-0.3, -0.25) is 4.79 Å². The maximum absolute atomic E-state index is 12.9. The van der Waals surface area contributed by atoms with Crippen molar-refractivity contribution in [1.82, 2.24) is 5.32 Å². The van der Waals surface area contributed by atoms with E-state index in [2.05, 4.69) is 45.8 Å². The molecule has 0 bridgehead atoms. The van der Waals surface area contributed by atoms with Crippen LogP contribution >= 0.6 is 0 Å². The summed E-state index contributed by atoms with van der Waals surface area (Å²) in [4.78, 5) is 12.9. The number of nitrogens with one attached hydrogen (secondary N) is 1. The Morgan fingerprint density at radius 3 is 2.58 bits per heavy atom. The normalized spacial score (nSPS) is 56.6. The molecule has 0 amide bonds. The van der Waals surface area contributed by atoms with Crippen molar-refractivity contribution in [2.45, 2.75) is 78.2 Å². The Balaban J connectivity index is 1.56. The Bertz CT molecular complexity index is 736. The summed E-state index contributed by atoms with van der Waals surface area (Å²) in [6, 6.07) is 0.520. The van der Waals surface area contributed by atoms with E-state index in [0.29, 0.717) is 22.7 Å². The highest BCUT2D eigenvalue weighted by Gasteiger charge is 2.81. The highest BCUT2D eigenvalue weighted by molar-refractivity contribution is 6.00. The number of hydrogen-bond acceptors (Lipinski definition) is 2. The molecule has 0 heterocycles. The number of Topliss-reactive ketones (excluding diaryl/α,β-unsaturated/α-hetero) is 1. The number of rotatable bonds is 1. The van der Waals surface area contributed by atoms with Crippen molar-refractivity contribution in [2.24, 2.45) is 33.5 Å². The molecule has 0 aliphatic heterocycles. The second kappa shape index (κ2) is 4.93. The number of hydrogen-bond donors (Lipinski definition) is 1. The van der Waals surface area contributed by atoms with Gasteiger partial charge in [0, 0.05) is 17.9 Å². The first-order valence-electron chi connectivity index (χ1n) is 10.9. The van der Waals surface area contributed by atoms with E-state index in [-0.39, 0.29) is 10.8 Å². The second-order valence-electron chi connectivity index (χ2n) is 10.7. The van der Waals surface area contributed by atoms with Crippen LogP contribution in [0.5, 0.6) is 0 Å². The number of carbonyl (C=O) groups is 1. The molecule has 0 radical (unpaired) electrons. The fourth-order valence-electron chi connectivity index (χ4n) is 9.12. The van der Waals surface area contributed by atoms with Gasteiger partial charge < -0.3 is 5.32 Å². The molecule has 0 saturated heterocycles. The lowest BCUT2D eigenvalue weighted by atomic mass is 9.44.